The minimum absolute atomic E-state index is 0.826. The quantitative estimate of drug-likeness (QED) is 0.371. The summed E-state index contributed by atoms with van der Waals surface area (Å²) in [5.41, 5.74) is 6.39. The number of methoxy groups -OCH3 is 2. The summed E-state index contributed by atoms with van der Waals surface area (Å²) in [6, 6.07) is 32.7. The van der Waals surface area contributed by atoms with Crippen molar-refractivity contribution in [1.29, 1.82) is 0 Å². The van der Waals surface area contributed by atoms with Crippen LogP contribution in [0, 0.1) is 0 Å². The van der Waals surface area contributed by atoms with Crippen molar-refractivity contribution in [2.24, 2.45) is 0 Å². The average Bonchev–Trinajstić information content (AvgIpc) is 2.84. The molecule has 4 aromatic rings. The molecule has 0 fully saturated rings. The van der Waals surface area contributed by atoms with Crippen molar-refractivity contribution in [1.82, 2.24) is 4.98 Å². The summed E-state index contributed by atoms with van der Waals surface area (Å²) in [7, 11) is 3.36. The number of ether oxygens (including phenoxy) is 2. The van der Waals surface area contributed by atoms with Gasteiger partial charge in [-0.1, -0.05) is 60.7 Å². The third-order valence-electron chi connectivity index (χ3n) is 4.99. The van der Waals surface area contributed by atoms with E-state index in [1.807, 2.05) is 48.7 Å². The van der Waals surface area contributed by atoms with Gasteiger partial charge in [-0.3, -0.25) is 4.98 Å². The van der Waals surface area contributed by atoms with Gasteiger partial charge in [-0.05, 0) is 58.7 Å². The number of pyridine rings is 1. The maximum Gasteiger partial charge on any atom is 0.118 e. The Bertz CT molecular complexity index is 1030. The molecule has 0 atom stereocenters. The van der Waals surface area contributed by atoms with Gasteiger partial charge in [0.05, 0.1) is 19.9 Å². The SMILES string of the molecule is COc1ccc(C(=C(c2ccccc2)c2ccccn2)c2ccc(OC)cc2)cc1. The van der Waals surface area contributed by atoms with Crippen LogP contribution in [0.15, 0.2) is 103 Å². The van der Waals surface area contributed by atoms with Gasteiger partial charge in [0, 0.05) is 11.8 Å². The van der Waals surface area contributed by atoms with Crippen molar-refractivity contribution in [2.45, 2.75) is 0 Å². The van der Waals surface area contributed by atoms with Crippen LogP contribution in [0.1, 0.15) is 22.4 Å². The van der Waals surface area contributed by atoms with E-state index >= 15 is 0 Å². The van der Waals surface area contributed by atoms with Crippen LogP contribution in [0.5, 0.6) is 11.5 Å². The van der Waals surface area contributed by atoms with E-state index in [1.165, 1.54) is 0 Å². The van der Waals surface area contributed by atoms with Gasteiger partial charge >= 0.3 is 0 Å². The minimum Gasteiger partial charge on any atom is -0.497 e. The van der Waals surface area contributed by atoms with E-state index in [0.29, 0.717) is 0 Å². The summed E-state index contributed by atoms with van der Waals surface area (Å²) in [5, 5.41) is 0. The maximum absolute atomic E-state index is 5.37. The fourth-order valence-corrected chi connectivity index (χ4v) is 3.51. The monoisotopic (exact) mass is 393 g/mol. The highest BCUT2D eigenvalue weighted by Gasteiger charge is 2.17. The van der Waals surface area contributed by atoms with E-state index in [-0.39, 0.29) is 0 Å². The van der Waals surface area contributed by atoms with Crippen molar-refractivity contribution in [3.63, 3.8) is 0 Å². The predicted octanol–water partition coefficient (Wildman–Crippen LogP) is 6.11. The fraction of sp³-hybridized carbons (Fsp3) is 0.0741. The van der Waals surface area contributed by atoms with Crippen LogP contribution in [-0.4, -0.2) is 19.2 Å². The van der Waals surface area contributed by atoms with Crippen LogP contribution in [0.25, 0.3) is 11.1 Å². The first-order chi connectivity index (χ1) is 14.8. The highest BCUT2D eigenvalue weighted by molar-refractivity contribution is 6.03. The van der Waals surface area contributed by atoms with Crippen molar-refractivity contribution < 1.29 is 9.47 Å². The highest BCUT2D eigenvalue weighted by atomic mass is 16.5. The van der Waals surface area contributed by atoms with Crippen molar-refractivity contribution in [3.8, 4) is 11.5 Å². The smallest absolute Gasteiger partial charge is 0.118 e. The van der Waals surface area contributed by atoms with Crippen LogP contribution < -0.4 is 9.47 Å². The normalized spacial score (nSPS) is 10.3. The first-order valence-electron chi connectivity index (χ1n) is 9.80. The standard InChI is InChI=1S/C27H23NO2/c1-29-23-15-11-21(12-16-23)26(22-13-17-24(30-2)18-14-22)27(20-8-4-3-5-9-20)25-10-6-7-19-28-25/h3-19H,1-2H3. The fourth-order valence-electron chi connectivity index (χ4n) is 3.51. The molecule has 0 aliphatic rings. The summed E-state index contributed by atoms with van der Waals surface area (Å²) >= 11 is 0. The molecule has 3 aromatic carbocycles. The van der Waals surface area contributed by atoms with Gasteiger partial charge in [0.1, 0.15) is 11.5 Å². The molecular weight excluding hydrogens is 370 g/mol. The molecule has 1 aromatic heterocycles. The molecule has 0 spiro atoms. The Morgan fingerprint density at radius 1 is 0.533 bits per heavy atom. The molecule has 148 valence electrons. The van der Waals surface area contributed by atoms with E-state index in [0.717, 1.165) is 45.0 Å². The minimum atomic E-state index is 0.826. The third kappa shape index (κ3) is 4.11. The van der Waals surface area contributed by atoms with Crippen LogP contribution in [0.3, 0.4) is 0 Å². The van der Waals surface area contributed by atoms with Crippen molar-refractivity contribution >= 4 is 11.1 Å². The zero-order valence-electron chi connectivity index (χ0n) is 17.1. The molecule has 0 aliphatic carbocycles. The maximum atomic E-state index is 5.37. The number of hydrogen-bond acceptors (Lipinski definition) is 3. The lowest BCUT2D eigenvalue weighted by Gasteiger charge is -2.18. The first-order valence-corrected chi connectivity index (χ1v) is 9.80. The van der Waals surface area contributed by atoms with Crippen molar-refractivity contribution in [2.75, 3.05) is 14.2 Å². The molecule has 1 heterocycles. The van der Waals surface area contributed by atoms with Gasteiger partial charge in [0.15, 0.2) is 0 Å². The van der Waals surface area contributed by atoms with Crippen LogP contribution in [0.4, 0.5) is 0 Å². The molecule has 0 unspecified atom stereocenters. The summed E-state index contributed by atoms with van der Waals surface area (Å²) in [4.78, 5) is 4.69. The number of benzene rings is 3. The molecule has 3 nitrogen and oxygen atoms in total. The molecule has 4 rings (SSSR count). The number of hydrogen-bond donors (Lipinski definition) is 0. The highest BCUT2D eigenvalue weighted by Crippen LogP contribution is 2.37. The second-order valence-electron chi connectivity index (χ2n) is 6.79. The van der Waals surface area contributed by atoms with Crippen LogP contribution in [-0.2, 0) is 0 Å². The molecule has 0 saturated carbocycles. The van der Waals surface area contributed by atoms with Gasteiger partial charge in [0.2, 0.25) is 0 Å². The van der Waals surface area contributed by atoms with Gasteiger partial charge in [0.25, 0.3) is 0 Å². The lowest BCUT2D eigenvalue weighted by Crippen LogP contribution is -1.99. The Labute approximate surface area is 177 Å². The predicted molar refractivity (Wildman–Crippen MR) is 122 cm³/mol. The second kappa shape index (κ2) is 9.10. The average molecular weight is 393 g/mol. The molecule has 0 saturated heterocycles. The Morgan fingerprint density at radius 2 is 1.03 bits per heavy atom. The third-order valence-corrected chi connectivity index (χ3v) is 4.99. The Balaban J connectivity index is 2.03. The molecule has 0 amide bonds. The molecule has 3 heteroatoms. The lowest BCUT2D eigenvalue weighted by molar-refractivity contribution is 0.414. The van der Waals surface area contributed by atoms with E-state index in [4.69, 9.17) is 9.47 Å². The van der Waals surface area contributed by atoms with Gasteiger partial charge in [-0.25, -0.2) is 0 Å². The zero-order chi connectivity index (χ0) is 20.8. The van der Waals surface area contributed by atoms with E-state index in [2.05, 4.69) is 59.6 Å². The summed E-state index contributed by atoms with van der Waals surface area (Å²) in [6.45, 7) is 0. The van der Waals surface area contributed by atoms with Gasteiger partial charge < -0.3 is 9.47 Å². The number of nitrogens with zero attached hydrogens (tertiary/aromatic N) is 1. The van der Waals surface area contributed by atoms with Crippen LogP contribution >= 0.6 is 0 Å². The summed E-state index contributed by atoms with van der Waals surface area (Å²) in [6.07, 6.45) is 1.83. The second-order valence-corrected chi connectivity index (χ2v) is 6.79. The number of aromatic nitrogens is 1. The van der Waals surface area contributed by atoms with E-state index in [1.54, 1.807) is 14.2 Å². The van der Waals surface area contributed by atoms with Crippen molar-refractivity contribution in [3.05, 3.63) is 126 Å². The molecule has 0 bridgehead atoms. The topological polar surface area (TPSA) is 31.4 Å². The summed E-state index contributed by atoms with van der Waals surface area (Å²) in [5.74, 6) is 1.65. The van der Waals surface area contributed by atoms with E-state index < -0.39 is 0 Å². The Morgan fingerprint density at radius 3 is 1.50 bits per heavy atom. The van der Waals surface area contributed by atoms with Crippen LogP contribution in [0.2, 0.25) is 0 Å². The number of rotatable bonds is 6. The molecule has 0 aliphatic heterocycles. The summed E-state index contributed by atoms with van der Waals surface area (Å²) < 4.78 is 10.7. The van der Waals surface area contributed by atoms with Gasteiger partial charge in [-0.15, -0.1) is 0 Å². The molecule has 0 N–H and O–H groups in total. The molecule has 0 radical (unpaired) electrons. The Kier molecular flexibility index (Phi) is 5.90. The lowest BCUT2D eigenvalue weighted by atomic mass is 9.87. The van der Waals surface area contributed by atoms with Gasteiger partial charge in [-0.2, -0.15) is 0 Å². The first kappa shape index (κ1) is 19.5. The molecular formula is C27H23NO2. The largest absolute Gasteiger partial charge is 0.497 e. The van der Waals surface area contributed by atoms with E-state index in [9.17, 15) is 0 Å². The molecule has 30 heavy (non-hydrogen) atoms. The Hall–Kier alpha value is -3.85. The zero-order valence-corrected chi connectivity index (χ0v) is 17.1.